The summed E-state index contributed by atoms with van der Waals surface area (Å²) >= 11 is 0. The van der Waals surface area contributed by atoms with Gasteiger partial charge in [0, 0.05) is 30.1 Å². The average Bonchev–Trinajstić information content (AvgIpc) is 2.98. The zero-order valence-corrected chi connectivity index (χ0v) is 23.6. The molecule has 1 atom stereocenters. The number of esters is 1. The molecule has 1 fully saturated rings. The molecule has 1 aliphatic rings. The number of carbonyl (C=O) groups excluding carboxylic acids is 2. The summed E-state index contributed by atoms with van der Waals surface area (Å²) in [5.41, 5.74) is 4.97. The predicted octanol–water partition coefficient (Wildman–Crippen LogP) is 6.55. The molecule has 5 nitrogen and oxygen atoms in total. The number of rotatable bonds is 11. The van der Waals surface area contributed by atoms with Crippen LogP contribution in [-0.4, -0.2) is 49.6 Å². The lowest BCUT2D eigenvalue weighted by molar-refractivity contribution is -0.142. The van der Waals surface area contributed by atoms with Crippen LogP contribution in [0.2, 0.25) is 0 Å². The first-order valence-electron chi connectivity index (χ1n) is 14.3. The maximum Gasteiger partial charge on any atom is 0.306 e. The number of amides is 1. The number of ether oxygens (including phenoxy) is 1. The van der Waals surface area contributed by atoms with E-state index in [0.29, 0.717) is 6.42 Å². The number of methoxy groups -OCH3 is 1. The molecule has 39 heavy (non-hydrogen) atoms. The first kappa shape index (κ1) is 28.6. The summed E-state index contributed by atoms with van der Waals surface area (Å²) in [6.07, 6.45) is 5.14. The zero-order valence-electron chi connectivity index (χ0n) is 23.6. The Hall–Kier alpha value is -3.44. The second kappa shape index (κ2) is 13.6. The largest absolute Gasteiger partial charge is 0.469 e. The molecule has 0 saturated carbocycles. The van der Waals surface area contributed by atoms with Crippen molar-refractivity contribution in [3.8, 4) is 11.1 Å². The van der Waals surface area contributed by atoms with Gasteiger partial charge >= 0.3 is 5.97 Å². The zero-order chi connectivity index (χ0) is 27.7. The van der Waals surface area contributed by atoms with Gasteiger partial charge in [-0.05, 0) is 68.3 Å². The molecule has 4 rings (SSSR count). The third-order valence-electron chi connectivity index (χ3n) is 8.36. The van der Waals surface area contributed by atoms with E-state index in [9.17, 15) is 9.59 Å². The van der Waals surface area contributed by atoms with E-state index in [4.69, 9.17) is 4.74 Å². The van der Waals surface area contributed by atoms with Crippen LogP contribution in [-0.2, 0) is 14.9 Å². The molecule has 0 radical (unpaired) electrons. The lowest BCUT2D eigenvalue weighted by Gasteiger charge is -2.35. The molecule has 1 heterocycles. The van der Waals surface area contributed by atoms with Gasteiger partial charge in [-0.15, -0.1) is 0 Å². The third-order valence-corrected chi connectivity index (χ3v) is 8.36. The molecule has 3 aromatic carbocycles. The van der Waals surface area contributed by atoms with E-state index < -0.39 is 0 Å². The van der Waals surface area contributed by atoms with Gasteiger partial charge in [0.25, 0.3) is 5.91 Å². The van der Waals surface area contributed by atoms with Crippen molar-refractivity contribution in [1.29, 1.82) is 0 Å². The minimum Gasteiger partial charge on any atom is -0.469 e. The minimum absolute atomic E-state index is 0.00280. The van der Waals surface area contributed by atoms with Crippen molar-refractivity contribution < 1.29 is 14.3 Å². The number of nitrogens with one attached hydrogen (secondary N) is 1. The molecular formula is C34H42N2O3. The molecule has 1 aliphatic heterocycles. The minimum atomic E-state index is -0.203. The first-order chi connectivity index (χ1) is 18.9. The molecule has 5 heteroatoms. The topological polar surface area (TPSA) is 58.6 Å². The van der Waals surface area contributed by atoms with E-state index >= 15 is 0 Å². The number of aryl methyl sites for hydroxylation is 1. The molecule has 3 aromatic rings. The Balaban J connectivity index is 1.30. The summed E-state index contributed by atoms with van der Waals surface area (Å²) in [5.74, 6) is -0.149. The van der Waals surface area contributed by atoms with E-state index in [1.807, 2.05) is 30.3 Å². The smallest absolute Gasteiger partial charge is 0.306 e. The van der Waals surface area contributed by atoms with Gasteiger partial charge in [-0.3, -0.25) is 9.59 Å². The fraction of sp³-hybridized carbons (Fsp3) is 0.412. The number of nitrogens with zero attached hydrogens (tertiary/aromatic N) is 1. The summed E-state index contributed by atoms with van der Waals surface area (Å²) in [6, 6.07) is 26.8. The van der Waals surface area contributed by atoms with Crippen LogP contribution < -0.4 is 5.32 Å². The number of piperidine rings is 1. The fourth-order valence-corrected chi connectivity index (χ4v) is 5.85. The Bertz CT molecular complexity index is 1220. The highest BCUT2D eigenvalue weighted by atomic mass is 16.5. The molecular weight excluding hydrogens is 484 g/mol. The van der Waals surface area contributed by atoms with Gasteiger partial charge in [-0.1, -0.05) is 85.3 Å². The lowest BCUT2D eigenvalue weighted by Crippen LogP contribution is -2.45. The molecule has 0 aliphatic carbocycles. The summed E-state index contributed by atoms with van der Waals surface area (Å²) in [6.45, 7) is 7.16. The van der Waals surface area contributed by atoms with Crippen molar-refractivity contribution in [1.82, 2.24) is 10.2 Å². The highest BCUT2D eigenvalue weighted by Crippen LogP contribution is 2.37. The summed E-state index contributed by atoms with van der Waals surface area (Å²) in [7, 11) is 1.47. The Labute approximate surface area is 233 Å². The van der Waals surface area contributed by atoms with E-state index in [2.05, 4.69) is 72.6 Å². The maximum absolute atomic E-state index is 13.3. The van der Waals surface area contributed by atoms with Gasteiger partial charge in [0.2, 0.25) is 0 Å². The SMILES string of the molecule is CCC(CCCN1CCC(NC(=O)c2ccccc2-c2ccc(C)cc2)CC1)(CC(=O)OC)c1ccccc1. The summed E-state index contributed by atoms with van der Waals surface area (Å²) in [4.78, 5) is 28.0. The first-order valence-corrected chi connectivity index (χ1v) is 14.3. The molecule has 0 aromatic heterocycles. The van der Waals surface area contributed by atoms with E-state index in [1.54, 1.807) is 0 Å². The molecule has 206 valence electrons. The molecule has 1 amide bonds. The van der Waals surface area contributed by atoms with Gasteiger partial charge in [-0.2, -0.15) is 0 Å². The van der Waals surface area contributed by atoms with Crippen LogP contribution in [0.4, 0.5) is 0 Å². The van der Waals surface area contributed by atoms with Gasteiger partial charge in [0.05, 0.1) is 13.5 Å². The lowest BCUT2D eigenvalue weighted by atomic mass is 9.72. The molecule has 0 spiro atoms. The van der Waals surface area contributed by atoms with Gasteiger partial charge in [0.15, 0.2) is 0 Å². The van der Waals surface area contributed by atoms with Crippen LogP contribution in [0.3, 0.4) is 0 Å². The van der Waals surface area contributed by atoms with Crippen molar-refractivity contribution in [3.63, 3.8) is 0 Å². The molecule has 1 unspecified atom stereocenters. The van der Waals surface area contributed by atoms with Crippen LogP contribution in [0, 0.1) is 6.92 Å². The predicted molar refractivity (Wildman–Crippen MR) is 158 cm³/mol. The van der Waals surface area contributed by atoms with Gasteiger partial charge < -0.3 is 15.0 Å². The quantitative estimate of drug-likeness (QED) is 0.288. The molecule has 1 saturated heterocycles. The molecule has 1 N–H and O–H groups in total. The number of benzene rings is 3. The van der Waals surface area contributed by atoms with E-state index in [1.165, 1.54) is 18.2 Å². The number of likely N-dealkylation sites (tertiary alicyclic amines) is 1. The fourth-order valence-electron chi connectivity index (χ4n) is 5.85. The Morgan fingerprint density at radius 1 is 0.949 bits per heavy atom. The monoisotopic (exact) mass is 526 g/mol. The van der Waals surface area contributed by atoms with Gasteiger partial charge in [-0.25, -0.2) is 0 Å². The number of hydrogen-bond acceptors (Lipinski definition) is 4. The second-order valence-electron chi connectivity index (χ2n) is 10.9. The van der Waals surface area contributed by atoms with Crippen LogP contribution in [0.15, 0.2) is 78.9 Å². The normalized spacial score (nSPS) is 15.9. The summed E-state index contributed by atoms with van der Waals surface area (Å²) < 4.78 is 5.05. The van der Waals surface area contributed by atoms with Crippen LogP contribution in [0.25, 0.3) is 11.1 Å². The summed E-state index contributed by atoms with van der Waals surface area (Å²) in [5, 5.41) is 3.30. The number of carbonyl (C=O) groups is 2. The standard InChI is InChI=1S/C34H42N2O3/c1-4-34(25-32(37)39-3,28-11-6-5-7-12-28)21-10-22-36-23-19-29(20-24-36)35-33(38)31-14-9-8-13-30(31)27-17-15-26(2)16-18-27/h5-9,11-18,29H,4,10,19-25H2,1-3H3,(H,35,38). The van der Waals surface area contributed by atoms with Crippen LogP contribution in [0.1, 0.15) is 66.9 Å². The maximum atomic E-state index is 13.3. The Morgan fingerprint density at radius 3 is 2.28 bits per heavy atom. The Kier molecular flexibility index (Phi) is 9.94. The Morgan fingerprint density at radius 2 is 1.62 bits per heavy atom. The van der Waals surface area contributed by atoms with Crippen LogP contribution >= 0.6 is 0 Å². The molecule has 0 bridgehead atoms. The van der Waals surface area contributed by atoms with E-state index in [0.717, 1.165) is 68.4 Å². The van der Waals surface area contributed by atoms with Crippen molar-refractivity contribution in [2.45, 2.75) is 63.8 Å². The second-order valence-corrected chi connectivity index (χ2v) is 10.9. The van der Waals surface area contributed by atoms with Gasteiger partial charge in [0.1, 0.15) is 0 Å². The highest BCUT2D eigenvalue weighted by Gasteiger charge is 2.33. The van der Waals surface area contributed by atoms with Crippen LogP contribution in [0.5, 0.6) is 0 Å². The van der Waals surface area contributed by atoms with E-state index in [-0.39, 0.29) is 23.3 Å². The third kappa shape index (κ3) is 7.36. The average molecular weight is 527 g/mol. The van der Waals surface area contributed by atoms with Crippen molar-refractivity contribution in [3.05, 3.63) is 95.6 Å². The van der Waals surface area contributed by atoms with Crippen molar-refractivity contribution >= 4 is 11.9 Å². The van der Waals surface area contributed by atoms with Crippen molar-refractivity contribution in [2.75, 3.05) is 26.7 Å². The number of hydrogen-bond donors (Lipinski definition) is 1. The highest BCUT2D eigenvalue weighted by molar-refractivity contribution is 6.01. The van der Waals surface area contributed by atoms with Crippen molar-refractivity contribution in [2.24, 2.45) is 0 Å².